The van der Waals surface area contributed by atoms with Gasteiger partial charge < -0.3 is 14.0 Å². The summed E-state index contributed by atoms with van der Waals surface area (Å²) in [5, 5.41) is -2.05. The van der Waals surface area contributed by atoms with E-state index >= 15 is 0 Å². The SMILES string of the molecule is CCCCCCCCCCOC(=O)CC(C(=O)OCCC(C)C)S(=O)(=O)[O-].[Na+]. The Morgan fingerprint density at radius 1 is 0.893 bits per heavy atom. The Kier molecular flexibility index (Phi) is 19.0. The van der Waals surface area contributed by atoms with Crippen LogP contribution in [0.2, 0.25) is 0 Å². The first-order valence-corrected chi connectivity index (χ1v) is 11.4. The van der Waals surface area contributed by atoms with Gasteiger partial charge in [-0.05, 0) is 18.8 Å². The molecular formula is C19H35NaO7S. The second kappa shape index (κ2) is 17.7. The van der Waals surface area contributed by atoms with Gasteiger partial charge in [0.1, 0.15) is 10.1 Å². The topological polar surface area (TPSA) is 110 Å². The Labute approximate surface area is 192 Å². The molecule has 0 saturated heterocycles. The van der Waals surface area contributed by atoms with Crippen molar-refractivity contribution in [2.45, 2.75) is 90.2 Å². The van der Waals surface area contributed by atoms with E-state index < -0.39 is 33.7 Å². The summed E-state index contributed by atoms with van der Waals surface area (Å²) in [6.45, 7) is 6.16. The van der Waals surface area contributed by atoms with Gasteiger partial charge in [0.05, 0.1) is 19.6 Å². The van der Waals surface area contributed by atoms with E-state index in [1.807, 2.05) is 13.8 Å². The maximum Gasteiger partial charge on any atom is 1.00 e. The number of hydrogen-bond donors (Lipinski definition) is 0. The van der Waals surface area contributed by atoms with Crippen molar-refractivity contribution < 1.29 is 61.6 Å². The average Bonchev–Trinajstić information content (AvgIpc) is 2.56. The molecule has 1 unspecified atom stereocenters. The predicted octanol–water partition coefficient (Wildman–Crippen LogP) is 0.568. The van der Waals surface area contributed by atoms with Crippen LogP contribution in [0.3, 0.4) is 0 Å². The Morgan fingerprint density at radius 3 is 1.93 bits per heavy atom. The Bertz CT molecular complexity index is 520. The largest absolute Gasteiger partial charge is 1.00 e. The van der Waals surface area contributed by atoms with Gasteiger partial charge in [0, 0.05) is 0 Å². The van der Waals surface area contributed by atoms with E-state index in [0.29, 0.717) is 12.8 Å². The molecule has 160 valence electrons. The molecule has 0 aliphatic carbocycles. The molecule has 0 spiro atoms. The van der Waals surface area contributed by atoms with E-state index in [1.165, 1.54) is 25.7 Å². The Balaban J connectivity index is 0. The van der Waals surface area contributed by atoms with Crippen molar-refractivity contribution >= 4 is 22.1 Å². The third-order valence-electron chi connectivity index (χ3n) is 4.16. The van der Waals surface area contributed by atoms with E-state index in [0.717, 1.165) is 19.3 Å². The summed E-state index contributed by atoms with van der Waals surface area (Å²) in [6, 6.07) is 0. The van der Waals surface area contributed by atoms with Gasteiger partial charge >= 0.3 is 41.5 Å². The summed E-state index contributed by atoms with van der Waals surface area (Å²) in [5.41, 5.74) is 0. The second-order valence-corrected chi connectivity index (χ2v) is 8.79. The van der Waals surface area contributed by atoms with Crippen LogP contribution in [0.15, 0.2) is 0 Å². The minimum atomic E-state index is -4.99. The molecular weight excluding hydrogens is 395 g/mol. The molecule has 7 nitrogen and oxygen atoms in total. The first-order chi connectivity index (χ1) is 12.7. The van der Waals surface area contributed by atoms with Crippen molar-refractivity contribution in [3.05, 3.63) is 0 Å². The summed E-state index contributed by atoms with van der Waals surface area (Å²) in [5.74, 6) is -1.80. The monoisotopic (exact) mass is 430 g/mol. The van der Waals surface area contributed by atoms with E-state index in [9.17, 15) is 22.6 Å². The maximum atomic E-state index is 11.8. The van der Waals surface area contributed by atoms with Crippen LogP contribution in [-0.4, -0.2) is 43.4 Å². The zero-order chi connectivity index (χ0) is 20.7. The first kappa shape index (κ1) is 30.0. The van der Waals surface area contributed by atoms with E-state index in [4.69, 9.17) is 9.47 Å². The summed E-state index contributed by atoms with van der Waals surface area (Å²) >= 11 is 0. The molecule has 1 atom stereocenters. The molecule has 0 aliphatic rings. The van der Waals surface area contributed by atoms with Crippen LogP contribution >= 0.6 is 0 Å². The van der Waals surface area contributed by atoms with Gasteiger partial charge in [0.25, 0.3) is 0 Å². The molecule has 9 heteroatoms. The summed E-state index contributed by atoms with van der Waals surface area (Å²) in [7, 11) is -4.99. The third-order valence-corrected chi connectivity index (χ3v) is 5.22. The van der Waals surface area contributed by atoms with Gasteiger partial charge in [-0.3, -0.25) is 9.59 Å². The molecule has 0 N–H and O–H groups in total. The van der Waals surface area contributed by atoms with Crippen LogP contribution in [0.1, 0.15) is 85.0 Å². The average molecular weight is 431 g/mol. The van der Waals surface area contributed by atoms with Crippen molar-refractivity contribution in [2.75, 3.05) is 13.2 Å². The fourth-order valence-electron chi connectivity index (χ4n) is 2.42. The molecule has 0 aromatic heterocycles. The van der Waals surface area contributed by atoms with Gasteiger partial charge in [-0.2, -0.15) is 0 Å². The minimum Gasteiger partial charge on any atom is -0.747 e. The Morgan fingerprint density at radius 2 is 1.43 bits per heavy atom. The quantitative estimate of drug-likeness (QED) is 0.152. The molecule has 0 radical (unpaired) electrons. The summed E-state index contributed by atoms with van der Waals surface area (Å²) < 4.78 is 43.6. The number of unbranched alkanes of at least 4 members (excludes halogenated alkanes) is 7. The first-order valence-electron chi connectivity index (χ1n) is 9.95. The molecule has 0 saturated carbocycles. The van der Waals surface area contributed by atoms with Crippen molar-refractivity contribution in [1.29, 1.82) is 0 Å². The number of carbonyl (C=O) groups excluding carboxylic acids is 2. The normalized spacial score (nSPS) is 12.3. The van der Waals surface area contributed by atoms with Crippen LogP contribution in [0, 0.1) is 5.92 Å². The zero-order valence-electron chi connectivity index (χ0n) is 17.9. The smallest absolute Gasteiger partial charge is 0.747 e. The molecule has 0 aliphatic heterocycles. The molecule has 0 aromatic rings. The predicted molar refractivity (Wildman–Crippen MR) is 102 cm³/mol. The van der Waals surface area contributed by atoms with Gasteiger partial charge in [-0.15, -0.1) is 0 Å². The summed E-state index contributed by atoms with van der Waals surface area (Å²) in [6.07, 6.45) is 8.44. The van der Waals surface area contributed by atoms with Gasteiger partial charge in [-0.1, -0.05) is 65.7 Å². The van der Waals surface area contributed by atoms with Gasteiger partial charge in [0.15, 0.2) is 5.25 Å². The van der Waals surface area contributed by atoms with Crippen LogP contribution in [-0.2, 0) is 29.2 Å². The van der Waals surface area contributed by atoms with Crippen molar-refractivity contribution in [3.8, 4) is 0 Å². The van der Waals surface area contributed by atoms with Crippen LogP contribution in [0.5, 0.6) is 0 Å². The van der Waals surface area contributed by atoms with Gasteiger partial charge in [0.2, 0.25) is 0 Å². The number of rotatable bonds is 16. The van der Waals surface area contributed by atoms with Crippen LogP contribution in [0.4, 0.5) is 0 Å². The standard InChI is InChI=1S/C19H36O7S.Na/c1-4-5-6-7-8-9-10-11-13-25-18(20)15-17(27(22,23)24)19(21)26-14-12-16(2)3;/h16-17H,4-15H2,1-3H3,(H,22,23,24);/q;+1/p-1. The molecule has 0 aromatic carbocycles. The number of carbonyl (C=O) groups is 2. The fourth-order valence-corrected chi connectivity index (χ4v) is 3.07. The van der Waals surface area contributed by atoms with Crippen LogP contribution in [0.25, 0.3) is 0 Å². The van der Waals surface area contributed by atoms with E-state index in [-0.39, 0.29) is 48.7 Å². The molecule has 0 amide bonds. The zero-order valence-corrected chi connectivity index (χ0v) is 20.7. The third kappa shape index (κ3) is 16.8. The molecule has 0 rings (SSSR count). The fraction of sp³-hybridized carbons (Fsp3) is 0.895. The van der Waals surface area contributed by atoms with Crippen molar-refractivity contribution in [3.63, 3.8) is 0 Å². The molecule has 0 heterocycles. The number of esters is 2. The second-order valence-electron chi connectivity index (χ2n) is 7.23. The minimum absolute atomic E-state index is 0. The van der Waals surface area contributed by atoms with E-state index in [1.54, 1.807) is 0 Å². The van der Waals surface area contributed by atoms with Gasteiger partial charge in [-0.25, -0.2) is 8.42 Å². The summed E-state index contributed by atoms with van der Waals surface area (Å²) in [4.78, 5) is 23.6. The molecule has 0 bridgehead atoms. The Hall–Kier alpha value is -0.150. The van der Waals surface area contributed by atoms with Crippen LogP contribution < -0.4 is 29.6 Å². The maximum absolute atomic E-state index is 11.8. The van der Waals surface area contributed by atoms with Crippen molar-refractivity contribution in [2.24, 2.45) is 5.92 Å². The number of ether oxygens (including phenoxy) is 2. The van der Waals surface area contributed by atoms with E-state index in [2.05, 4.69) is 6.92 Å². The molecule has 28 heavy (non-hydrogen) atoms. The number of hydrogen-bond acceptors (Lipinski definition) is 7. The molecule has 0 fully saturated rings. The van der Waals surface area contributed by atoms with Crippen molar-refractivity contribution in [1.82, 2.24) is 0 Å².